The molecule has 0 unspecified atom stereocenters. The topological polar surface area (TPSA) is 33.1 Å². The molecule has 0 spiro atoms. The molecule has 1 N–H and O–H groups in total. The Morgan fingerprint density at radius 2 is 1.80 bits per heavy atom. The monoisotopic (exact) mass is 418 g/mol. The van der Waals surface area contributed by atoms with E-state index in [4.69, 9.17) is 12.2 Å². The first-order valence-electron chi connectivity index (χ1n) is 10.6. The maximum absolute atomic E-state index is 5.77. The third-order valence-electron chi connectivity index (χ3n) is 6.30. The Hall–Kier alpha value is -2.66. The molecule has 4 nitrogen and oxygen atoms in total. The van der Waals surface area contributed by atoms with Crippen molar-refractivity contribution in [2.45, 2.75) is 59.7 Å². The van der Waals surface area contributed by atoms with Gasteiger partial charge in [0.1, 0.15) is 0 Å². The summed E-state index contributed by atoms with van der Waals surface area (Å²) in [5.74, 6) is 0. The molecule has 1 aliphatic heterocycles. The number of pyridine rings is 1. The average molecular weight is 419 g/mol. The normalized spacial score (nSPS) is 18.9. The van der Waals surface area contributed by atoms with E-state index in [1.165, 1.54) is 33.8 Å². The minimum Gasteiger partial charge on any atom is -0.352 e. The second kappa shape index (κ2) is 7.88. The number of aromatic nitrogens is 2. The fraction of sp³-hybridized carbons (Fsp3) is 0.360. The number of hydrogen-bond acceptors (Lipinski definition) is 2. The first-order valence-corrected chi connectivity index (χ1v) is 11.0. The molecule has 0 amide bonds. The van der Waals surface area contributed by atoms with Gasteiger partial charge in [-0.3, -0.25) is 4.98 Å². The lowest BCUT2D eigenvalue weighted by molar-refractivity contribution is 0.269. The van der Waals surface area contributed by atoms with Crippen LogP contribution < -0.4 is 5.32 Å². The predicted octanol–water partition coefficient (Wildman–Crippen LogP) is 5.49. The average Bonchev–Trinajstić information content (AvgIpc) is 3.21. The molecule has 0 aliphatic carbocycles. The molecule has 2 atom stereocenters. The Labute approximate surface area is 184 Å². The highest BCUT2D eigenvalue weighted by Gasteiger charge is 2.42. The summed E-state index contributed by atoms with van der Waals surface area (Å²) in [4.78, 5) is 6.98. The number of nitrogens with one attached hydrogen (secondary N) is 1. The molecule has 156 valence electrons. The van der Waals surface area contributed by atoms with Crippen LogP contribution in [0.4, 0.5) is 0 Å². The van der Waals surface area contributed by atoms with Crippen molar-refractivity contribution in [3.8, 4) is 5.69 Å². The van der Waals surface area contributed by atoms with Gasteiger partial charge in [-0.2, -0.15) is 0 Å². The van der Waals surface area contributed by atoms with Crippen LogP contribution in [0.2, 0.25) is 0 Å². The fourth-order valence-electron chi connectivity index (χ4n) is 4.69. The minimum absolute atomic E-state index is 0.0219. The Balaban J connectivity index is 1.88. The second-order valence-corrected chi connectivity index (χ2v) is 8.90. The molecule has 2 aromatic heterocycles. The predicted molar refractivity (Wildman–Crippen MR) is 127 cm³/mol. The summed E-state index contributed by atoms with van der Waals surface area (Å²) in [6.45, 7) is 13.2. The van der Waals surface area contributed by atoms with Gasteiger partial charge in [-0.05, 0) is 94.7 Å². The van der Waals surface area contributed by atoms with Crippen molar-refractivity contribution < 1.29 is 0 Å². The lowest BCUT2D eigenvalue weighted by atomic mass is 9.96. The van der Waals surface area contributed by atoms with E-state index in [1.54, 1.807) is 0 Å². The number of hydrogen-bond donors (Lipinski definition) is 1. The first kappa shape index (κ1) is 20.6. The lowest BCUT2D eigenvalue weighted by Gasteiger charge is -2.31. The summed E-state index contributed by atoms with van der Waals surface area (Å²) < 4.78 is 2.38. The molecular formula is C25H30N4S. The van der Waals surface area contributed by atoms with Gasteiger partial charge < -0.3 is 14.8 Å². The molecule has 0 bridgehead atoms. The van der Waals surface area contributed by atoms with E-state index in [0.29, 0.717) is 0 Å². The van der Waals surface area contributed by atoms with Crippen LogP contribution in [0.5, 0.6) is 0 Å². The molecule has 1 fully saturated rings. The molecule has 1 aromatic carbocycles. The van der Waals surface area contributed by atoms with Gasteiger partial charge in [0.15, 0.2) is 5.11 Å². The van der Waals surface area contributed by atoms with Crippen LogP contribution in [0, 0.1) is 27.7 Å². The van der Waals surface area contributed by atoms with E-state index in [1.807, 2.05) is 18.3 Å². The maximum atomic E-state index is 5.77. The highest BCUT2D eigenvalue weighted by atomic mass is 32.1. The van der Waals surface area contributed by atoms with E-state index in [2.05, 4.69) is 91.6 Å². The highest BCUT2D eigenvalue weighted by molar-refractivity contribution is 7.80. The Bertz CT molecular complexity index is 1080. The molecule has 3 heterocycles. The molecule has 0 saturated carbocycles. The molecule has 1 saturated heterocycles. The number of nitrogens with zero attached hydrogens (tertiary/aromatic N) is 3. The molecule has 1 aliphatic rings. The molecule has 30 heavy (non-hydrogen) atoms. The molecular weight excluding hydrogens is 388 g/mol. The smallest absolute Gasteiger partial charge is 0.170 e. The van der Waals surface area contributed by atoms with Crippen molar-refractivity contribution in [1.82, 2.24) is 19.8 Å². The molecule has 4 rings (SSSR count). The molecule has 3 aromatic rings. The van der Waals surface area contributed by atoms with Gasteiger partial charge in [0.25, 0.3) is 0 Å². The number of rotatable bonds is 4. The third kappa shape index (κ3) is 3.31. The van der Waals surface area contributed by atoms with E-state index < -0.39 is 0 Å². The zero-order chi connectivity index (χ0) is 21.6. The van der Waals surface area contributed by atoms with Gasteiger partial charge in [-0.1, -0.05) is 18.2 Å². The summed E-state index contributed by atoms with van der Waals surface area (Å²) in [6, 6.07) is 15.3. The van der Waals surface area contributed by atoms with Crippen LogP contribution in [-0.2, 0) is 0 Å². The second-order valence-electron chi connectivity index (χ2n) is 8.51. The Morgan fingerprint density at radius 1 is 1.03 bits per heavy atom. The zero-order valence-corrected chi connectivity index (χ0v) is 19.4. The van der Waals surface area contributed by atoms with Gasteiger partial charge in [-0.25, -0.2) is 0 Å². The Morgan fingerprint density at radius 3 is 2.47 bits per heavy atom. The van der Waals surface area contributed by atoms with Crippen LogP contribution in [0.1, 0.15) is 59.7 Å². The van der Waals surface area contributed by atoms with Gasteiger partial charge >= 0.3 is 0 Å². The summed E-state index contributed by atoms with van der Waals surface area (Å²) in [6.07, 6.45) is 1.86. The van der Waals surface area contributed by atoms with Crippen molar-refractivity contribution in [3.63, 3.8) is 0 Å². The van der Waals surface area contributed by atoms with E-state index >= 15 is 0 Å². The van der Waals surface area contributed by atoms with Crippen molar-refractivity contribution in [2.75, 3.05) is 0 Å². The summed E-state index contributed by atoms with van der Waals surface area (Å²) in [5.41, 5.74) is 8.67. The standard InChI is InChI=1S/C25H30N4S/c1-15(2)28-24(23(27-25(28)30)21-11-7-8-13-26-21)20-14-17(4)29(19(20)6)22-12-9-10-16(3)18(22)5/h7-15,23-24H,1-6H3,(H,27,30)/t23-,24-/m0/s1. The number of aryl methyl sites for hydroxylation is 2. The van der Waals surface area contributed by atoms with Gasteiger partial charge in [0.2, 0.25) is 0 Å². The number of thiocarbonyl (C=S) groups is 1. The van der Waals surface area contributed by atoms with E-state index in [-0.39, 0.29) is 18.1 Å². The van der Waals surface area contributed by atoms with Crippen LogP contribution in [0.3, 0.4) is 0 Å². The Kier molecular flexibility index (Phi) is 5.41. The van der Waals surface area contributed by atoms with Crippen LogP contribution in [0.15, 0.2) is 48.7 Å². The highest BCUT2D eigenvalue weighted by Crippen LogP contribution is 2.42. The van der Waals surface area contributed by atoms with Gasteiger partial charge in [-0.15, -0.1) is 0 Å². The first-order chi connectivity index (χ1) is 14.3. The van der Waals surface area contributed by atoms with Crippen molar-refractivity contribution in [3.05, 3.63) is 82.4 Å². The van der Waals surface area contributed by atoms with Crippen LogP contribution in [-0.4, -0.2) is 25.6 Å². The van der Waals surface area contributed by atoms with Crippen molar-refractivity contribution >= 4 is 17.3 Å². The van der Waals surface area contributed by atoms with Crippen molar-refractivity contribution in [1.29, 1.82) is 0 Å². The van der Waals surface area contributed by atoms with Gasteiger partial charge in [0.05, 0.1) is 17.8 Å². The summed E-state index contributed by atoms with van der Waals surface area (Å²) in [5, 5.41) is 4.35. The van der Waals surface area contributed by atoms with Crippen LogP contribution in [0.25, 0.3) is 5.69 Å². The van der Waals surface area contributed by atoms with E-state index in [0.717, 1.165) is 10.8 Å². The number of benzene rings is 1. The molecule has 5 heteroatoms. The SMILES string of the molecule is Cc1cccc(-n2c(C)cc([C@H]3[C@H](c4ccccn4)NC(=S)N3C(C)C)c2C)c1C. The zero-order valence-electron chi connectivity index (χ0n) is 18.6. The quantitative estimate of drug-likeness (QED) is 0.568. The largest absolute Gasteiger partial charge is 0.352 e. The third-order valence-corrected chi connectivity index (χ3v) is 6.63. The van der Waals surface area contributed by atoms with Crippen molar-refractivity contribution in [2.24, 2.45) is 0 Å². The summed E-state index contributed by atoms with van der Waals surface area (Å²) >= 11 is 5.77. The maximum Gasteiger partial charge on any atom is 0.170 e. The van der Waals surface area contributed by atoms with E-state index in [9.17, 15) is 0 Å². The summed E-state index contributed by atoms with van der Waals surface area (Å²) in [7, 11) is 0. The minimum atomic E-state index is 0.0219. The van der Waals surface area contributed by atoms with Gasteiger partial charge in [0, 0.05) is 29.3 Å². The lowest BCUT2D eigenvalue weighted by Crippen LogP contribution is -2.35. The fourth-order valence-corrected chi connectivity index (χ4v) is 5.14. The molecule has 0 radical (unpaired) electrons. The van der Waals surface area contributed by atoms with Crippen LogP contribution >= 0.6 is 12.2 Å².